The van der Waals surface area contributed by atoms with Crippen molar-refractivity contribution in [2.75, 3.05) is 0 Å². The minimum Gasteiger partial charge on any atom is -0.448 e. The second-order valence-corrected chi connectivity index (χ2v) is 3.80. The number of carbonyl (C=O) groups is 1. The van der Waals surface area contributed by atoms with Crippen molar-refractivity contribution >= 4 is 17.5 Å². The third-order valence-electron chi connectivity index (χ3n) is 2.28. The second-order valence-electron chi connectivity index (χ2n) is 3.39. The summed E-state index contributed by atoms with van der Waals surface area (Å²) in [4.78, 5) is 19.6. The van der Waals surface area contributed by atoms with Crippen molar-refractivity contribution in [2.45, 2.75) is 13.5 Å². The SMILES string of the molecule is Cc1ocnc1CNC(=O)c1ccncc1Cl. The number of nitrogens with one attached hydrogen (secondary N) is 1. The lowest BCUT2D eigenvalue weighted by atomic mass is 10.2. The molecule has 0 unspecified atom stereocenters. The lowest BCUT2D eigenvalue weighted by Gasteiger charge is -2.04. The molecule has 0 spiro atoms. The molecule has 17 heavy (non-hydrogen) atoms. The monoisotopic (exact) mass is 251 g/mol. The van der Waals surface area contributed by atoms with Crippen LogP contribution in [0.1, 0.15) is 21.8 Å². The molecule has 0 atom stereocenters. The van der Waals surface area contributed by atoms with Gasteiger partial charge in [-0.3, -0.25) is 9.78 Å². The molecule has 0 saturated carbocycles. The normalized spacial score (nSPS) is 10.2. The number of nitrogens with zero attached hydrogens (tertiary/aromatic N) is 2. The van der Waals surface area contributed by atoms with Crippen LogP contribution in [-0.2, 0) is 6.54 Å². The first-order valence-corrected chi connectivity index (χ1v) is 5.33. The highest BCUT2D eigenvalue weighted by atomic mass is 35.5. The number of aromatic nitrogens is 2. The van der Waals surface area contributed by atoms with Crippen LogP contribution in [0.5, 0.6) is 0 Å². The number of aryl methyl sites for hydroxylation is 1. The third-order valence-corrected chi connectivity index (χ3v) is 2.58. The van der Waals surface area contributed by atoms with Gasteiger partial charge in [0.2, 0.25) is 0 Å². The summed E-state index contributed by atoms with van der Waals surface area (Å²) in [7, 11) is 0. The van der Waals surface area contributed by atoms with Gasteiger partial charge in [-0.2, -0.15) is 0 Å². The van der Waals surface area contributed by atoms with Crippen LogP contribution in [0.15, 0.2) is 29.3 Å². The van der Waals surface area contributed by atoms with Crippen LogP contribution >= 0.6 is 11.6 Å². The van der Waals surface area contributed by atoms with Crippen LogP contribution in [0.2, 0.25) is 5.02 Å². The number of amides is 1. The first-order chi connectivity index (χ1) is 8.18. The van der Waals surface area contributed by atoms with E-state index in [9.17, 15) is 4.79 Å². The van der Waals surface area contributed by atoms with E-state index in [0.29, 0.717) is 28.6 Å². The van der Waals surface area contributed by atoms with Gasteiger partial charge in [0, 0.05) is 12.4 Å². The van der Waals surface area contributed by atoms with Crippen LogP contribution < -0.4 is 5.32 Å². The van der Waals surface area contributed by atoms with Gasteiger partial charge in [0.25, 0.3) is 5.91 Å². The summed E-state index contributed by atoms with van der Waals surface area (Å²) < 4.78 is 5.03. The zero-order chi connectivity index (χ0) is 12.3. The average Bonchev–Trinajstić information content (AvgIpc) is 2.72. The van der Waals surface area contributed by atoms with Gasteiger partial charge in [0.05, 0.1) is 17.1 Å². The van der Waals surface area contributed by atoms with E-state index in [1.807, 2.05) is 0 Å². The smallest absolute Gasteiger partial charge is 0.253 e. The maximum Gasteiger partial charge on any atom is 0.253 e. The molecule has 0 fully saturated rings. The van der Waals surface area contributed by atoms with Crippen LogP contribution in [0.25, 0.3) is 0 Å². The summed E-state index contributed by atoms with van der Waals surface area (Å²) in [5.74, 6) is 0.422. The molecule has 1 N–H and O–H groups in total. The summed E-state index contributed by atoms with van der Waals surface area (Å²) in [6.45, 7) is 2.09. The summed E-state index contributed by atoms with van der Waals surface area (Å²) in [5, 5.41) is 3.03. The van der Waals surface area contributed by atoms with Crippen molar-refractivity contribution in [3.63, 3.8) is 0 Å². The maximum absolute atomic E-state index is 11.8. The average molecular weight is 252 g/mol. The predicted octanol–water partition coefficient (Wildman–Crippen LogP) is 1.96. The lowest BCUT2D eigenvalue weighted by molar-refractivity contribution is 0.0950. The number of oxazole rings is 1. The van der Waals surface area contributed by atoms with Gasteiger partial charge < -0.3 is 9.73 Å². The minimum atomic E-state index is -0.264. The molecule has 0 radical (unpaired) electrons. The van der Waals surface area contributed by atoms with Crippen molar-refractivity contribution in [1.82, 2.24) is 15.3 Å². The Kier molecular flexibility index (Phi) is 3.39. The van der Waals surface area contributed by atoms with Crippen molar-refractivity contribution < 1.29 is 9.21 Å². The molecule has 88 valence electrons. The highest BCUT2D eigenvalue weighted by molar-refractivity contribution is 6.33. The fourth-order valence-corrected chi connectivity index (χ4v) is 1.52. The zero-order valence-corrected chi connectivity index (χ0v) is 9.86. The Labute approximate surface area is 103 Å². The number of rotatable bonds is 3. The fourth-order valence-electron chi connectivity index (χ4n) is 1.32. The molecule has 1 amide bonds. The maximum atomic E-state index is 11.8. The van der Waals surface area contributed by atoms with Crippen LogP contribution in [0.4, 0.5) is 0 Å². The Hall–Kier alpha value is -1.88. The van der Waals surface area contributed by atoms with Gasteiger partial charge in [0.15, 0.2) is 6.39 Å². The molecular weight excluding hydrogens is 242 g/mol. The second kappa shape index (κ2) is 4.97. The van der Waals surface area contributed by atoms with Gasteiger partial charge in [-0.25, -0.2) is 4.98 Å². The van der Waals surface area contributed by atoms with Gasteiger partial charge in [-0.1, -0.05) is 11.6 Å². The highest BCUT2D eigenvalue weighted by Gasteiger charge is 2.11. The first-order valence-electron chi connectivity index (χ1n) is 4.95. The van der Waals surface area contributed by atoms with Gasteiger partial charge in [-0.15, -0.1) is 0 Å². The molecule has 0 aromatic carbocycles. The molecule has 0 bridgehead atoms. The molecule has 0 aliphatic heterocycles. The van der Waals surface area contributed by atoms with Gasteiger partial charge >= 0.3 is 0 Å². The molecule has 5 nitrogen and oxygen atoms in total. The standard InChI is InChI=1S/C11H10ClN3O2/c1-7-10(15-6-17-7)5-14-11(16)8-2-3-13-4-9(8)12/h2-4,6H,5H2,1H3,(H,14,16). The quantitative estimate of drug-likeness (QED) is 0.906. The largest absolute Gasteiger partial charge is 0.448 e. The molecule has 0 aliphatic carbocycles. The van der Waals surface area contributed by atoms with Crippen LogP contribution in [0, 0.1) is 6.92 Å². The fraction of sp³-hybridized carbons (Fsp3) is 0.182. The van der Waals surface area contributed by atoms with E-state index in [4.69, 9.17) is 16.0 Å². The molecule has 6 heteroatoms. The van der Waals surface area contributed by atoms with E-state index < -0.39 is 0 Å². The Balaban J connectivity index is 2.04. The highest BCUT2D eigenvalue weighted by Crippen LogP contribution is 2.13. The van der Waals surface area contributed by atoms with E-state index in [2.05, 4.69) is 15.3 Å². The van der Waals surface area contributed by atoms with Crippen molar-refractivity contribution in [1.29, 1.82) is 0 Å². The predicted molar refractivity (Wildman–Crippen MR) is 61.7 cm³/mol. The summed E-state index contributed by atoms with van der Waals surface area (Å²) in [5.41, 5.74) is 1.09. The van der Waals surface area contributed by atoms with Crippen molar-refractivity contribution in [3.05, 3.63) is 46.9 Å². The molecular formula is C11H10ClN3O2. The zero-order valence-electron chi connectivity index (χ0n) is 9.11. The van der Waals surface area contributed by atoms with E-state index in [-0.39, 0.29) is 5.91 Å². The summed E-state index contributed by atoms with van der Waals surface area (Å²) in [6, 6.07) is 1.56. The number of halogens is 1. The summed E-state index contributed by atoms with van der Waals surface area (Å²) in [6.07, 6.45) is 4.29. The molecule has 2 heterocycles. The Morgan fingerprint density at radius 3 is 3.06 bits per heavy atom. The number of hydrogen-bond acceptors (Lipinski definition) is 4. The van der Waals surface area contributed by atoms with Gasteiger partial charge in [-0.05, 0) is 13.0 Å². The Morgan fingerprint density at radius 1 is 1.59 bits per heavy atom. The molecule has 2 aromatic heterocycles. The molecule has 0 aliphatic rings. The van der Waals surface area contributed by atoms with Crippen LogP contribution in [-0.4, -0.2) is 15.9 Å². The van der Waals surface area contributed by atoms with Gasteiger partial charge in [0.1, 0.15) is 11.5 Å². The van der Waals surface area contributed by atoms with Crippen molar-refractivity contribution in [2.24, 2.45) is 0 Å². The molecule has 2 aromatic rings. The van der Waals surface area contributed by atoms with Crippen LogP contribution in [0.3, 0.4) is 0 Å². The van der Waals surface area contributed by atoms with E-state index in [1.165, 1.54) is 18.8 Å². The number of hydrogen-bond donors (Lipinski definition) is 1. The van der Waals surface area contributed by atoms with Crippen molar-refractivity contribution in [3.8, 4) is 0 Å². The summed E-state index contributed by atoms with van der Waals surface area (Å²) >= 11 is 5.85. The number of pyridine rings is 1. The Morgan fingerprint density at radius 2 is 2.41 bits per heavy atom. The molecule has 2 rings (SSSR count). The lowest BCUT2D eigenvalue weighted by Crippen LogP contribution is -2.23. The number of carbonyl (C=O) groups excluding carboxylic acids is 1. The van der Waals surface area contributed by atoms with E-state index in [0.717, 1.165) is 0 Å². The van der Waals surface area contributed by atoms with E-state index >= 15 is 0 Å². The minimum absolute atomic E-state index is 0.264. The Bertz CT molecular complexity index is 539. The van der Waals surface area contributed by atoms with E-state index in [1.54, 1.807) is 13.0 Å². The first kappa shape index (κ1) is 11.6. The third kappa shape index (κ3) is 2.62. The molecule has 0 saturated heterocycles. The topological polar surface area (TPSA) is 68.0 Å².